The number of guanidine groups is 2. The molecule has 0 heterocycles. The predicted molar refractivity (Wildman–Crippen MR) is 226 cm³/mol. The Morgan fingerprint density at radius 1 is 0.508 bits per heavy atom. The van der Waals surface area contributed by atoms with Crippen LogP contribution in [-0.2, 0) is 25.0 Å². The van der Waals surface area contributed by atoms with Crippen LogP contribution >= 0.6 is 0 Å². The Bertz CT molecular complexity index is 2390. The number of benzene rings is 4. The van der Waals surface area contributed by atoms with Crippen molar-refractivity contribution in [2.24, 2.45) is 32.9 Å². The molecule has 4 aromatic rings. The number of carbonyl (C=O) groups is 4. The lowest BCUT2D eigenvalue weighted by Crippen LogP contribution is -2.29. The summed E-state index contributed by atoms with van der Waals surface area (Å²) in [5, 5.41) is 4.67. The van der Waals surface area contributed by atoms with Gasteiger partial charge in [-0.15, -0.1) is 0 Å². The fourth-order valence-corrected chi connectivity index (χ4v) is 5.71. The van der Waals surface area contributed by atoms with E-state index in [1.165, 1.54) is 84.9 Å². The summed E-state index contributed by atoms with van der Waals surface area (Å²) in [7, 11) is -8.73. The van der Waals surface area contributed by atoms with E-state index in [-0.39, 0.29) is 83.6 Å². The van der Waals surface area contributed by atoms with Gasteiger partial charge in [0, 0.05) is 36.3 Å². The summed E-state index contributed by atoms with van der Waals surface area (Å²) in [4.78, 5) is 59.3. The van der Waals surface area contributed by atoms with Gasteiger partial charge in [-0.3, -0.25) is 18.7 Å². The van der Waals surface area contributed by atoms with Gasteiger partial charge in [0.2, 0.25) is 0 Å². The number of nitrogens with zero attached hydrogens (tertiary/aromatic N) is 2. The van der Waals surface area contributed by atoms with Crippen molar-refractivity contribution in [3.63, 3.8) is 0 Å². The van der Waals surface area contributed by atoms with E-state index in [0.29, 0.717) is 11.4 Å². The van der Waals surface area contributed by atoms with E-state index in [2.05, 4.69) is 20.6 Å². The maximum Gasteiger partial charge on any atom is 0.343 e. The van der Waals surface area contributed by atoms with Gasteiger partial charge in [-0.1, -0.05) is 0 Å². The second-order valence-corrected chi connectivity index (χ2v) is 15.9. The molecule has 0 aliphatic heterocycles. The molecule has 63 heavy (non-hydrogen) atoms. The van der Waals surface area contributed by atoms with E-state index in [9.17, 15) is 36.0 Å². The van der Waals surface area contributed by atoms with Crippen LogP contribution in [0, 0.1) is 0 Å². The highest BCUT2D eigenvalue weighted by atomic mass is 32.2. The molecule has 0 fully saturated rings. The van der Waals surface area contributed by atoms with Crippen LogP contribution < -0.4 is 52.5 Å². The van der Waals surface area contributed by atoms with E-state index in [1.54, 1.807) is 0 Å². The van der Waals surface area contributed by atoms with E-state index >= 15 is 0 Å². The Kier molecular flexibility index (Phi) is 17.3. The van der Waals surface area contributed by atoms with Gasteiger partial charge in [-0.25, -0.2) is 19.6 Å². The number of aliphatic imine (C=N–C) groups is 2. The van der Waals surface area contributed by atoms with Gasteiger partial charge >= 0.3 is 11.9 Å². The number of nitrogens with one attached hydrogen (secondary N) is 2. The van der Waals surface area contributed by atoms with Crippen molar-refractivity contribution in [3.05, 3.63) is 107 Å². The van der Waals surface area contributed by atoms with Crippen LogP contribution in [-0.4, -0.2) is 113 Å². The molecule has 2 amide bonds. The molecule has 4 rings (SSSR count). The third kappa shape index (κ3) is 17.7. The molecule has 25 heteroatoms. The van der Waals surface area contributed by atoms with Gasteiger partial charge in [-0.2, -0.15) is 16.8 Å². The first kappa shape index (κ1) is 48.3. The van der Waals surface area contributed by atoms with Gasteiger partial charge in [0.1, 0.15) is 36.2 Å². The highest BCUT2D eigenvalue weighted by Gasteiger charge is 2.17. The van der Waals surface area contributed by atoms with Crippen LogP contribution in [0.1, 0.15) is 41.4 Å². The molecule has 0 aromatic heterocycles. The minimum absolute atomic E-state index is 0.0353. The number of nitrogens with two attached hydrogens (primary N) is 4. The van der Waals surface area contributed by atoms with Crippen molar-refractivity contribution in [3.8, 4) is 23.0 Å². The van der Waals surface area contributed by atoms with Crippen LogP contribution in [0.5, 0.6) is 23.0 Å². The molecule has 0 radical (unpaired) electrons. The number of amides is 2. The highest BCUT2D eigenvalue weighted by Crippen LogP contribution is 2.26. The lowest BCUT2D eigenvalue weighted by molar-refractivity contribution is 0.0724. The van der Waals surface area contributed by atoms with Crippen LogP contribution in [0.25, 0.3) is 0 Å². The van der Waals surface area contributed by atoms with Gasteiger partial charge in [0.25, 0.3) is 32.1 Å². The smallest absolute Gasteiger partial charge is 0.343 e. The zero-order chi connectivity index (χ0) is 46.2. The fraction of sp³-hybridized carbons (Fsp3) is 0.211. The molecule has 0 aliphatic carbocycles. The quantitative estimate of drug-likeness (QED) is 0.0134. The van der Waals surface area contributed by atoms with Gasteiger partial charge in [0.15, 0.2) is 11.9 Å². The van der Waals surface area contributed by atoms with Crippen LogP contribution in [0.3, 0.4) is 0 Å². The van der Waals surface area contributed by atoms with Crippen LogP contribution in [0.4, 0.5) is 11.4 Å². The van der Waals surface area contributed by atoms with E-state index in [1.807, 2.05) is 0 Å². The molecular weight excluding hydrogens is 873 g/mol. The second kappa shape index (κ2) is 22.5. The minimum Gasteiger partial charge on any atom is -0.491 e. The monoisotopic (exact) mass is 914 g/mol. The summed E-state index contributed by atoms with van der Waals surface area (Å²) in [5.41, 5.74) is 22.3. The van der Waals surface area contributed by atoms with Crippen molar-refractivity contribution >= 4 is 67.3 Å². The average Bonchev–Trinajstić information content (AvgIpc) is 3.19. The van der Waals surface area contributed by atoms with E-state index in [4.69, 9.17) is 55.7 Å². The molecule has 23 nitrogen and oxygen atoms in total. The van der Waals surface area contributed by atoms with Crippen molar-refractivity contribution in [1.29, 1.82) is 0 Å². The number of carbonyl (C=O) groups excluding carboxylic acids is 4. The fourth-order valence-electron chi connectivity index (χ4n) is 4.99. The molecule has 336 valence electrons. The van der Waals surface area contributed by atoms with Crippen molar-refractivity contribution in [2.75, 3.05) is 51.0 Å². The van der Waals surface area contributed by atoms with Crippen LogP contribution in [0.2, 0.25) is 0 Å². The third-order valence-corrected chi connectivity index (χ3v) is 9.15. The molecule has 0 bridgehead atoms. The molecule has 0 saturated carbocycles. The van der Waals surface area contributed by atoms with Crippen molar-refractivity contribution < 1.29 is 68.8 Å². The maximum absolute atomic E-state index is 12.9. The zero-order valence-electron chi connectivity index (χ0n) is 33.0. The van der Waals surface area contributed by atoms with Crippen molar-refractivity contribution in [2.45, 2.75) is 0 Å². The molecular formula is C38H42N8O15S2. The number of hydrogen-bond acceptors (Lipinski definition) is 15. The third-order valence-electron chi connectivity index (χ3n) is 7.71. The largest absolute Gasteiger partial charge is 0.491 e. The normalized spacial score (nSPS) is 11.1. The Balaban J connectivity index is 1.39. The summed E-state index contributed by atoms with van der Waals surface area (Å²) in [5.74, 6) is -5.14. The first-order chi connectivity index (χ1) is 29.7. The number of ether oxygens (including phenoxy) is 5. The first-order valence-electron chi connectivity index (χ1n) is 18.2. The minimum atomic E-state index is -4.36. The molecule has 12 N–H and O–H groups in total. The van der Waals surface area contributed by atoms with Crippen LogP contribution in [0.15, 0.2) is 94.9 Å². The standard InChI is InChI=1S/C38H42N8O15S2/c39-37(40)45-27-5-1-23(2-6-27)35(49)60-31-19-25(33(47)43-9-15-62(51,52)53)17-29(21-31)58-13-11-57-12-14-59-30-18-26(34(48)44-10-16-63(54,55)56)20-32(22-30)61-36(50)24-3-7-28(8-4-24)46-38(41)42/h1-8,17-22H,9-16H2,(H,43,47)(H,44,48)(H4,39,40,45)(H4,41,42,46)(H,51,52,53)(H,54,55,56). The zero-order valence-corrected chi connectivity index (χ0v) is 34.6. The van der Waals surface area contributed by atoms with Gasteiger partial charge in [0.05, 0.1) is 47.2 Å². The summed E-state index contributed by atoms with van der Waals surface area (Å²) >= 11 is 0. The van der Waals surface area contributed by atoms with Crippen molar-refractivity contribution in [1.82, 2.24) is 10.6 Å². The average molecular weight is 915 g/mol. The van der Waals surface area contributed by atoms with E-state index in [0.717, 1.165) is 0 Å². The Hall–Kier alpha value is -7.32. The van der Waals surface area contributed by atoms with Gasteiger partial charge in [-0.05, 0) is 72.8 Å². The maximum atomic E-state index is 12.9. The highest BCUT2D eigenvalue weighted by molar-refractivity contribution is 7.86. The number of hydrogen-bond donors (Lipinski definition) is 8. The molecule has 0 unspecified atom stereocenters. The second-order valence-electron chi connectivity index (χ2n) is 12.7. The number of esters is 2. The van der Waals surface area contributed by atoms with E-state index < -0.39 is 68.6 Å². The summed E-state index contributed by atoms with van der Waals surface area (Å²) in [6, 6.07) is 19.2. The summed E-state index contributed by atoms with van der Waals surface area (Å²) in [6.07, 6.45) is 0. The Labute approximate surface area is 359 Å². The Morgan fingerprint density at radius 3 is 1.19 bits per heavy atom. The summed E-state index contributed by atoms with van der Waals surface area (Å²) < 4.78 is 90.5. The summed E-state index contributed by atoms with van der Waals surface area (Å²) in [6.45, 7) is -1.11. The number of rotatable bonds is 22. The lowest BCUT2D eigenvalue weighted by atomic mass is 10.1. The molecule has 0 aliphatic rings. The van der Waals surface area contributed by atoms with Gasteiger partial charge < -0.3 is 57.3 Å². The molecule has 0 saturated heterocycles. The first-order valence-corrected chi connectivity index (χ1v) is 21.4. The molecule has 0 spiro atoms. The predicted octanol–water partition coefficient (Wildman–Crippen LogP) is 0.644. The molecule has 4 aromatic carbocycles. The SMILES string of the molecule is NC(N)=Nc1ccc(C(=O)Oc2cc(OCCOCCOc3cc(OC(=O)c4ccc(N=C(N)N)cc4)cc(C(=O)NCCS(=O)(=O)O)c3)cc(C(=O)NCCS(=O)(=O)O)c2)cc1. The topological polar surface area (TPSA) is 376 Å². The Morgan fingerprint density at radius 2 is 0.857 bits per heavy atom. The molecule has 0 atom stereocenters. The lowest BCUT2D eigenvalue weighted by Gasteiger charge is -2.13.